The number of aromatic nitrogens is 4. The Morgan fingerprint density at radius 2 is 1.96 bits per heavy atom. The molecule has 1 unspecified atom stereocenters. The molecule has 0 spiro atoms. The molecule has 3 aromatic rings. The van der Waals surface area contributed by atoms with Crippen LogP contribution in [0.15, 0.2) is 39.9 Å². The number of hydrogen-bond acceptors (Lipinski definition) is 5. The Balaban J connectivity index is 1.60. The summed E-state index contributed by atoms with van der Waals surface area (Å²) in [6.07, 6.45) is 0.836. The molecule has 0 saturated carbocycles. The number of rotatable bonds is 6. The highest BCUT2D eigenvalue weighted by Gasteiger charge is 2.14. The number of hydrogen-bond donors (Lipinski definition) is 2. The third-order valence-corrected chi connectivity index (χ3v) is 4.07. The third kappa shape index (κ3) is 3.90. The molecular weight excluding hydrogens is 336 g/mol. The van der Waals surface area contributed by atoms with E-state index in [4.69, 9.17) is 4.74 Å². The molecule has 1 atom stereocenters. The van der Waals surface area contributed by atoms with Gasteiger partial charge in [0.25, 0.3) is 5.56 Å². The molecule has 0 aliphatic rings. The summed E-state index contributed by atoms with van der Waals surface area (Å²) in [6, 6.07) is 9.80. The highest BCUT2D eigenvalue weighted by atomic mass is 16.5. The predicted molar refractivity (Wildman–Crippen MR) is 96.0 cm³/mol. The maximum atomic E-state index is 12.0. The van der Waals surface area contributed by atoms with Crippen molar-refractivity contribution in [1.29, 1.82) is 0 Å². The van der Waals surface area contributed by atoms with Crippen LogP contribution in [0.1, 0.15) is 24.7 Å². The van der Waals surface area contributed by atoms with Crippen LogP contribution in [0, 0.1) is 0 Å². The number of esters is 1. The van der Waals surface area contributed by atoms with E-state index in [1.54, 1.807) is 0 Å². The summed E-state index contributed by atoms with van der Waals surface area (Å²) >= 11 is 0. The van der Waals surface area contributed by atoms with Crippen molar-refractivity contribution in [1.82, 2.24) is 19.5 Å². The van der Waals surface area contributed by atoms with Crippen molar-refractivity contribution in [3.05, 3.63) is 62.6 Å². The summed E-state index contributed by atoms with van der Waals surface area (Å²) in [5.74, 6) is 0.121. The highest BCUT2D eigenvalue weighted by molar-refractivity contribution is 5.71. The largest absolute Gasteiger partial charge is 0.462 e. The van der Waals surface area contributed by atoms with E-state index in [9.17, 15) is 14.4 Å². The van der Waals surface area contributed by atoms with Gasteiger partial charge in [-0.05, 0) is 12.5 Å². The topological polar surface area (TPSA) is 110 Å². The van der Waals surface area contributed by atoms with Crippen LogP contribution in [0.4, 0.5) is 0 Å². The van der Waals surface area contributed by atoms with E-state index in [1.165, 1.54) is 11.6 Å². The molecule has 0 saturated heterocycles. The SMILES string of the molecule is CC(Cc1ccccc1)OC(=O)CCc1nc2c([nH]1)c(=O)[nH]c(=O)n2C. The molecule has 3 rings (SSSR count). The van der Waals surface area contributed by atoms with Crippen LogP contribution in [0.2, 0.25) is 0 Å². The van der Waals surface area contributed by atoms with Gasteiger partial charge in [-0.2, -0.15) is 0 Å². The van der Waals surface area contributed by atoms with Crippen LogP contribution in [0.5, 0.6) is 0 Å². The minimum atomic E-state index is -0.533. The molecule has 2 aromatic heterocycles. The Labute approximate surface area is 148 Å². The number of fused-ring (bicyclic) bond motifs is 1. The summed E-state index contributed by atoms with van der Waals surface area (Å²) in [6.45, 7) is 1.85. The smallest absolute Gasteiger partial charge is 0.329 e. The second kappa shape index (κ2) is 7.38. The summed E-state index contributed by atoms with van der Waals surface area (Å²) in [7, 11) is 1.52. The third-order valence-electron chi connectivity index (χ3n) is 4.07. The van der Waals surface area contributed by atoms with Crippen LogP contribution in [0.25, 0.3) is 11.2 Å². The number of H-pyrrole nitrogens is 2. The van der Waals surface area contributed by atoms with Gasteiger partial charge in [-0.1, -0.05) is 30.3 Å². The monoisotopic (exact) mass is 356 g/mol. The number of carbonyl (C=O) groups excluding carboxylic acids is 1. The second-order valence-electron chi connectivity index (χ2n) is 6.19. The van der Waals surface area contributed by atoms with Crippen LogP contribution >= 0.6 is 0 Å². The average molecular weight is 356 g/mol. The number of aryl methyl sites for hydroxylation is 2. The van der Waals surface area contributed by atoms with E-state index in [0.717, 1.165) is 5.56 Å². The first-order chi connectivity index (χ1) is 12.4. The van der Waals surface area contributed by atoms with Crippen molar-refractivity contribution >= 4 is 17.1 Å². The fourth-order valence-electron chi connectivity index (χ4n) is 2.76. The van der Waals surface area contributed by atoms with Crippen molar-refractivity contribution in [3.63, 3.8) is 0 Å². The van der Waals surface area contributed by atoms with Gasteiger partial charge in [0.2, 0.25) is 0 Å². The molecule has 8 nitrogen and oxygen atoms in total. The molecule has 26 heavy (non-hydrogen) atoms. The van der Waals surface area contributed by atoms with E-state index < -0.39 is 11.2 Å². The van der Waals surface area contributed by atoms with Crippen LogP contribution in [-0.4, -0.2) is 31.6 Å². The first kappa shape index (κ1) is 17.7. The summed E-state index contributed by atoms with van der Waals surface area (Å²) in [5.41, 5.74) is 0.522. The number of ether oxygens (including phenoxy) is 1. The Kier molecular flexibility index (Phi) is 5.01. The number of carbonyl (C=O) groups is 1. The second-order valence-corrected chi connectivity index (χ2v) is 6.19. The van der Waals surface area contributed by atoms with Gasteiger partial charge in [0.05, 0.1) is 6.42 Å². The normalized spacial score (nSPS) is 12.2. The minimum Gasteiger partial charge on any atom is -0.462 e. The molecule has 0 fully saturated rings. The number of imidazole rings is 1. The Hall–Kier alpha value is -3.16. The lowest BCUT2D eigenvalue weighted by Crippen LogP contribution is -2.28. The van der Waals surface area contributed by atoms with Gasteiger partial charge < -0.3 is 9.72 Å². The molecule has 0 aliphatic heterocycles. The number of aromatic amines is 2. The minimum absolute atomic E-state index is 0.130. The van der Waals surface area contributed by atoms with E-state index in [2.05, 4.69) is 15.0 Å². The van der Waals surface area contributed by atoms with Crippen molar-refractivity contribution < 1.29 is 9.53 Å². The predicted octanol–water partition coefficient (Wildman–Crippen LogP) is 1.06. The lowest BCUT2D eigenvalue weighted by Gasteiger charge is -2.13. The van der Waals surface area contributed by atoms with Crippen molar-refractivity contribution in [3.8, 4) is 0 Å². The molecule has 0 bridgehead atoms. The fraction of sp³-hybridized carbons (Fsp3) is 0.333. The molecular formula is C18H20N4O4. The van der Waals surface area contributed by atoms with Crippen LogP contribution in [-0.2, 0) is 29.4 Å². The lowest BCUT2D eigenvalue weighted by atomic mass is 10.1. The van der Waals surface area contributed by atoms with Gasteiger partial charge in [0.1, 0.15) is 17.4 Å². The standard InChI is InChI=1S/C18H20N4O4/c1-11(10-12-6-4-3-5-7-12)26-14(23)9-8-13-19-15-16(20-13)22(2)18(25)21-17(15)24/h3-7,11H,8-10H2,1-2H3,(H,19,20)(H,21,24,25). The maximum absolute atomic E-state index is 12.0. The van der Waals surface area contributed by atoms with Gasteiger partial charge in [0.15, 0.2) is 5.65 Å². The molecule has 2 N–H and O–H groups in total. The van der Waals surface area contributed by atoms with E-state index in [-0.39, 0.29) is 29.7 Å². The first-order valence-corrected chi connectivity index (χ1v) is 8.35. The number of nitrogens with one attached hydrogen (secondary N) is 2. The average Bonchev–Trinajstić information content (AvgIpc) is 3.04. The molecule has 0 aliphatic carbocycles. The molecule has 0 radical (unpaired) electrons. The van der Waals surface area contributed by atoms with Crippen molar-refractivity contribution in [2.24, 2.45) is 7.05 Å². The summed E-state index contributed by atoms with van der Waals surface area (Å²) in [4.78, 5) is 44.7. The van der Waals surface area contributed by atoms with Gasteiger partial charge >= 0.3 is 11.7 Å². The first-order valence-electron chi connectivity index (χ1n) is 8.35. The molecule has 2 heterocycles. The molecule has 0 amide bonds. The zero-order chi connectivity index (χ0) is 18.7. The zero-order valence-corrected chi connectivity index (χ0v) is 14.6. The molecule has 136 valence electrons. The molecule has 1 aromatic carbocycles. The highest BCUT2D eigenvalue weighted by Crippen LogP contribution is 2.09. The van der Waals surface area contributed by atoms with E-state index >= 15 is 0 Å². The number of benzene rings is 1. The fourth-order valence-corrected chi connectivity index (χ4v) is 2.76. The van der Waals surface area contributed by atoms with Gasteiger partial charge in [-0.25, -0.2) is 9.78 Å². The van der Waals surface area contributed by atoms with Gasteiger partial charge in [-0.15, -0.1) is 0 Å². The van der Waals surface area contributed by atoms with Gasteiger partial charge in [-0.3, -0.25) is 19.1 Å². The van der Waals surface area contributed by atoms with Crippen molar-refractivity contribution in [2.45, 2.75) is 32.3 Å². The van der Waals surface area contributed by atoms with Crippen LogP contribution < -0.4 is 11.2 Å². The number of nitrogens with zero attached hydrogens (tertiary/aromatic N) is 2. The van der Waals surface area contributed by atoms with Gasteiger partial charge in [0, 0.05) is 19.9 Å². The molecule has 8 heteroatoms. The Bertz CT molecular complexity index is 1030. The van der Waals surface area contributed by atoms with E-state index in [0.29, 0.717) is 18.7 Å². The van der Waals surface area contributed by atoms with Crippen molar-refractivity contribution in [2.75, 3.05) is 0 Å². The summed E-state index contributed by atoms with van der Waals surface area (Å²) in [5, 5.41) is 0. The maximum Gasteiger partial charge on any atom is 0.329 e. The lowest BCUT2D eigenvalue weighted by molar-refractivity contribution is -0.148. The van der Waals surface area contributed by atoms with Crippen LogP contribution in [0.3, 0.4) is 0 Å². The quantitative estimate of drug-likeness (QED) is 0.642. The van der Waals surface area contributed by atoms with E-state index in [1.807, 2.05) is 37.3 Å². The Morgan fingerprint density at radius 3 is 2.69 bits per heavy atom. The Morgan fingerprint density at radius 1 is 1.23 bits per heavy atom. The summed E-state index contributed by atoms with van der Waals surface area (Å²) < 4.78 is 6.66. The zero-order valence-electron chi connectivity index (χ0n) is 14.6.